The zero-order valence-electron chi connectivity index (χ0n) is 11.6. The second-order valence-corrected chi connectivity index (χ2v) is 3.62. The van der Waals surface area contributed by atoms with E-state index >= 15 is 0 Å². The summed E-state index contributed by atoms with van der Waals surface area (Å²) in [4.78, 5) is 2.25. The molecule has 0 aromatic rings. The fourth-order valence-corrected chi connectivity index (χ4v) is 1.39. The van der Waals surface area contributed by atoms with Gasteiger partial charge in [0.15, 0.2) is 0 Å². The largest absolute Gasteiger partial charge is 1.00 e. The van der Waals surface area contributed by atoms with E-state index in [4.69, 9.17) is 9.47 Å². The standard InChI is InChI=1S/C13H24NO3.K/c1-3-6-14(7-4-2)8-5-10-16-12-13-17-11-9-15;/h3-4H,1-2,5-13H2;/q-1;+1. The maximum absolute atomic E-state index is 10.1. The second-order valence-electron chi connectivity index (χ2n) is 3.62. The van der Waals surface area contributed by atoms with Crippen LogP contribution in [0.1, 0.15) is 6.42 Å². The van der Waals surface area contributed by atoms with Crippen LogP contribution >= 0.6 is 0 Å². The van der Waals surface area contributed by atoms with Crippen molar-refractivity contribution in [3.8, 4) is 0 Å². The summed E-state index contributed by atoms with van der Waals surface area (Å²) in [7, 11) is 0. The van der Waals surface area contributed by atoms with Crippen LogP contribution in [0.25, 0.3) is 0 Å². The van der Waals surface area contributed by atoms with Gasteiger partial charge in [-0.25, -0.2) is 0 Å². The number of nitrogens with zero attached hydrogens (tertiary/aromatic N) is 1. The molecule has 4 nitrogen and oxygen atoms in total. The first-order chi connectivity index (χ1) is 8.35. The second kappa shape index (κ2) is 18.0. The Hall–Kier alpha value is 0.956. The van der Waals surface area contributed by atoms with Gasteiger partial charge in [-0.05, 0) is 6.42 Å². The predicted molar refractivity (Wildman–Crippen MR) is 68.0 cm³/mol. The van der Waals surface area contributed by atoms with Gasteiger partial charge in [-0.2, -0.15) is 0 Å². The molecule has 0 heterocycles. The molecule has 0 aromatic carbocycles. The molecule has 5 heteroatoms. The Morgan fingerprint density at radius 1 is 0.944 bits per heavy atom. The van der Waals surface area contributed by atoms with Crippen LogP contribution in [0.2, 0.25) is 0 Å². The van der Waals surface area contributed by atoms with Gasteiger partial charge in [0.2, 0.25) is 0 Å². The van der Waals surface area contributed by atoms with Crippen molar-refractivity contribution >= 4 is 0 Å². The van der Waals surface area contributed by atoms with Gasteiger partial charge in [0.05, 0.1) is 13.2 Å². The van der Waals surface area contributed by atoms with Crippen LogP contribution in [0.5, 0.6) is 0 Å². The average Bonchev–Trinajstić information content (AvgIpc) is 2.33. The van der Waals surface area contributed by atoms with Crippen LogP contribution < -0.4 is 56.5 Å². The summed E-state index contributed by atoms with van der Waals surface area (Å²) >= 11 is 0. The summed E-state index contributed by atoms with van der Waals surface area (Å²) in [6.45, 7) is 12.0. The molecular formula is C13H24KNO3. The van der Waals surface area contributed by atoms with Crippen LogP contribution in [-0.4, -0.2) is 57.6 Å². The van der Waals surface area contributed by atoms with Gasteiger partial charge in [-0.15, -0.1) is 19.8 Å². The zero-order chi connectivity index (χ0) is 12.8. The third-order valence-corrected chi connectivity index (χ3v) is 2.14. The Labute approximate surface area is 153 Å². The van der Waals surface area contributed by atoms with Gasteiger partial charge in [0, 0.05) is 32.8 Å². The monoisotopic (exact) mass is 281 g/mol. The summed E-state index contributed by atoms with van der Waals surface area (Å²) in [6, 6.07) is 0. The zero-order valence-corrected chi connectivity index (χ0v) is 14.7. The first kappa shape index (κ1) is 21.3. The molecule has 0 amide bonds. The summed E-state index contributed by atoms with van der Waals surface area (Å²) in [5.74, 6) is 0. The minimum absolute atomic E-state index is 0. The number of ether oxygens (including phenoxy) is 2. The molecule has 100 valence electrons. The van der Waals surface area contributed by atoms with E-state index in [9.17, 15) is 5.11 Å². The van der Waals surface area contributed by atoms with Gasteiger partial charge in [-0.3, -0.25) is 4.90 Å². The van der Waals surface area contributed by atoms with Crippen molar-refractivity contribution in [3.05, 3.63) is 25.3 Å². The van der Waals surface area contributed by atoms with E-state index in [2.05, 4.69) is 18.1 Å². The Morgan fingerprint density at radius 3 is 2.00 bits per heavy atom. The van der Waals surface area contributed by atoms with Crippen molar-refractivity contribution in [1.29, 1.82) is 0 Å². The molecule has 0 unspecified atom stereocenters. The van der Waals surface area contributed by atoms with Crippen molar-refractivity contribution in [2.45, 2.75) is 6.42 Å². The minimum Gasteiger partial charge on any atom is -0.853 e. The van der Waals surface area contributed by atoms with Crippen LogP contribution in [0.4, 0.5) is 0 Å². The topological polar surface area (TPSA) is 44.8 Å². The smallest absolute Gasteiger partial charge is 0.853 e. The Bertz CT molecular complexity index is 181. The van der Waals surface area contributed by atoms with Crippen molar-refractivity contribution < 1.29 is 66.0 Å². The molecule has 0 aliphatic rings. The molecule has 18 heavy (non-hydrogen) atoms. The molecule has 0 N–H and O–H groups in total. The van der Waals surface area contributed by atoms with Gasteiger partial charge in [-0.1, -0.05) is 12.2 Å². The van der Waals surface area contributed by atoms with E-state index in [1.165, 1.54) is 0 Å². The molecule has 0 saturated carbocycles. The first-order valence-corrected chi connectivity index (χ1v) is 6.03. The number of hydrogen-bond donors (Lipinski definition) is 0. The molecule has 0 radical (unpaired) electrons. The van der Waals surface area contributed by atoms with Crippen molar-refractivity contribution in [2.24, 2.45) is 0 Å². The minimum atomic E-state index is -0.182. The first-order valence-electron chi connectivity index (χ1n) is 6.03. The molecule has 0 saturated heterocycles. The van der Waals surface area contributed by atoms with Crippen LogP contribution in [-0.2, 0) is 9.47 Å². The van der Waals surface area contributed by atoms with E-state index in [1.807, 2.05) is 12.2 Å². The molecule has 0 rings (SSSR count). The van der Waals surface area contributed by atoms with E-state index in [0.717, 1.165) is 26.1 Å². The maximum Gasteiger partial charge on any atom is 1.00 e. The van der Waals surface area contributed by atoms with Gasteiger partial charge in [0.25, 0.3) is 0 Å². The molecule has 0 atom stereocenters. The van der Waals surface area contributed by atoms with E-state index in [-0.39, 0.29) is 64.6 Å². The quantitative estimate of drug-likeness (QED) is 0.212. The molecule has 0 spiro atoms. The molecule has 0 bridgehead atoms. The van der Waals surface area contributed by atoms with Crippen LogP contribution in [0.3, 0.4) is 0 Å². The van der Waals surface area contributed by atoms with Gasteiger partial charge >= 0.3 is 51.4 Å². The van der Waals surface area contributed by atoms with E-state index < -0.39 is 0 Å². The van der Waals surface area contributed by atoms with E-state index in [1.54, 1.807) is 0 Å². The third-order valence-electron chi connectivity index (χ3n) is 2.14. The van der Waals surface area contributed by atoms with Crippen LogP contribution in [0, 0.1) is 0 Å². The molecule has 0 aliphatic heterocycles. The van der Waals surface area contributed by atoms with Crippen LogP contribution in [0.15, 0.2) is 25.3 Å². The number of rotatable bonds is 13. The fourth-order valence-electron chi connectivity index (χ4n) is 1.39. The summed E-state index contributed by atoms with van der Waals surface area (Å²) in [5, 5.41) is 10.1. The fraction of sp³-hybridized carbons (Fsp3) is 0.692. The predicted octanol–water partition coefficient (Wildman–Crippen LogP) is -2.55. The Morgan fingerprint density at radius 2 is 1.50 bits per heavy atom. The molecule has 0 aliphatic carbocycles. The Kier molecular flexibility index (Phi) is 21.2. The van der Waals surface area contributed by atoms with Crippen molar-refractivity contribution in [3.63, 3.8) is 0 Å². The SMILES string of the molecule is C=CCN(CC=C)CCCOCCOCC[O-].[K+]. The van der Waals surface area contributed by atoms with E-state index in [0.29, 0.717) is 19.8 Å². The third kappa shape index (κ3) is 15.0. The summed E-state index contributed by atoms with van der Waals surface area (Å²) < 4.78 is 10.4. The summed E-state index contributed by atoms with van der Waals surface area (Å²) in [5.41, 5.74) is 0. The molecule has 0 fully saturated rings. The number of hydrogen-bond acceptors (Lipinski definition) is 4. The molecule has 0 aromatic heterocycles. The van der Waals surface area contributed by atoms with Crippen molar-refractivity contribution in [1.82, 2.24) is 4.90 Å². The van der Waals surface area contributed by atoms with Gasteiger partial charge < -0.3 is 14.6 Å². The average molecular weight is 281 g/mol. The maximum atomic E-state index is 10.1. The van der Waals surface area contributed by atoms with Gasteiger partial charge in [0.1, 0.15) is 0 Å². The Balaban J connectivity index is 0. The normalized spacial score (nSPS) is 10.1. The molecular weight excluding hydrogens is 257 g/mol. The van der Waals surface area contributed by atoms with Crippen molar-refractivity contribution in [2.75, 3.05) is 52.7 Å². The summed E-state index contributed by atoms with van der Waals surface area (Å²) in [6.07, 6.45) is 4.76.